The Kier molecular flexibility index (Phi) is 1.97. The second kappa shape index (κ2) is 3.35. The number of thiophene rings is 1. The minimum Gasteiger partial charge on any atom is -0.424 e. The van der Waals surface area contributed by atoms with E-state index >= 15 is 0 Å². The van der Waals surface area contributed by atoms with Crippen molar-refractivity contribution in [2.24, 2.45) is 0 Å². The van der Waals surface area contributed by atoms with Crippen LogP contribution in [0.5, 0.6) is 0 Å². The number of hydrogen-bond donors (Lipinski definition) is 1. The monoisotopic (exact) mass is 230 g/mol. The lowest BCUT2D eigenvalue weighted by molar-refractivity contribution is 0.626. The van der Waals surface area contributed by atoms with Gasteiger partial charge in [-0.2, -0.15) is 16.3 Å². The number of nitrogens with zero attached hydrogens (tertiary/aromatic N) is 1. The largest absolute Gasteiger partial charge is 0.424 e. The summed E-state index contributed by atoms with van der Waals surface area (Å²) >= 11 is 1.69. The van der Waals surface area contributed by atoms with Gasteiger partial charge in [0, 0.05) is 0 Å². The molecular weight excluding hydrogens is 220 g/mol. The lowest BCUT2D eigenvalue weighted by Crippen LogP contribution is -1.82. The van der Waals surface area contributed by atoms with E-state index in [1.807, 2.05) is 12.1 Å². The number of anilines is 1. The third kappa shape index (κ3) is 1.39. The third-order valence-corrected chi connectivity index (χ3v) is 3.27. The van der Waals surface area contributed by atoms with Crippen molar-refractivity contribution in [3.63, 3.8) is 0 Å². The number of rotatable bonds is 1. The van der Waals surface area contributed by atoms with E-state index < -0.39 is 0 Å². The Morgan fingerprint density at radius 3 is 3.00 bits per heavy atom. The highest BCUT2D eigenvalue weighted by Gasteiger charge is 2.08. The van der Waals surface area contributed by atoms with Crippen molar-refractivity contribution in [3.05, 3.63) is 34.5 Å². The van der Waals surface area contributed by atoms with E-state index in [1.165, 1.54) is 16.7 Å². The van der Waals surface area contributed by atoms with E-state index in [2.05, 4.69) is 28.7 Å². The van der Waals surface area contributed by atoms with Gasteiger partial charge in [0.05, 0.1) is 0 Å². The number of fused-ring (bicyclic) bond motifs is 1. The van der Waals surface area contributed by atoms with Gasteiger partial charge in [-0.05, 0) is 52.6 Å². The van der Waals surface area contributed by atoms with Gasteiger partial charge in [0.15, 0.2) is 5.58 Å². The Labute approximate surface area is 96.5 Å². The van der Waals surface area contributed by atoms with E-state index in [1.54, 1.807) is 11.3 Å². The van der Waals surface area contributed by atoms with Crippen LogP contribution in [-0.4, -0.2) is 4.98 Å². The van der Waals surface area contributed by atoms with Crippen LogP contribution in [0.1, 0.15) is 5.56 Å². The predicted molar refractivity (Wildman–Crippen MR) is 66.5 cm³/mol. The summed E-state index contributed by atoms with van der Waals surface area (Å²) in [6.07, 6.45) is 0. The molecule has 0 aliphatic heterocycles. The van der Waals surface area contributed by atoms with Crippen LogP contribution in [0.15, 0.2) is 33.4 Å². The van der Waals surface area contributed by atoms with Crippen LogP contribution in [0.4, 0.5) is 6.01 Å². The molecule has 2 N–H and O–H groups in total. The van der Waals surface area contributed by atoms with Crippen LogP contribution in [0, 0.1) is 6.92 Å². The fourth-order valence-electron chi connectivity index (χ4n) is 1.82. The fraction of sp³-hybridized carbons (Fsp3) is 0.0833. The molecule has 0 fully saturated rings. The molecule has 3 nitrogen and oxygen atoms in total. The summed E-state index contributed by atoms with van der Waals surface area (Å²) in [4.78, 5) is 4.14. The number of nitrogen functional groups attached to an aromatic ring is 1. The molecule has 0 radical (unpaired) electrons. The zero-order chi connectivity index (χ0) is 11.1. The number of aryl methyl sites for hydroxylation is 1. The Balaban J connectivity index is 2.29. The van der Waals surface area contributed by atoms with Crippen LogP contribution in [0.3, 0.4) is 0 Å². The second-order valence-corrected chi connectivity index (χ2v) is 4.48. The van der Waals surface area contributed by atoms with E-state index in [0.717, 1.165) is 11.1 Å². The van der Waals surface area contributed by atoms with Crippen molar-refractivity contribution in [1.82, 2.24) is 4.98 Å². The molecule has 0 saturated carbocycles. The van der Waals surface area contributed by atoms with E-state index in [-0.39, 0.29) is 6.01 Å². The maximum Gasteiger partial charge on any atom is 0.292 e. The van der Waals surface area contributed by atoms with E-state index in [0.29, 0.717) is 0 Å². The van der Waals surface area contributed by atoms with Gasteiger partial charge in [0.25, 0.3) is 6.01 Å². The van der Waals surface area contributed by atoms with Crippen molar-refractivity contribution in [2.45, 2.75) is 6.92 Å². The molecule has 2 aromatic heterocycles. The first-order valence-corrected chi connectivity index (χ1v) is 5.87. The van der Waals surface area contributed by atoms with Crippen molar-refractivity contribution in [2.75, 3.05) is 5.73 Å². The molecule has 2 heterocycles. The number of nitrogens with two attached hydrogens (primary N) is 1. The summed E-state index contributed by atoms with van der Waals surface area (Å²) < 4.78 is 5.29. The average molecular weight is 230 g/mol. The van der Waals surface area contributed by atoms with Crippen LogP contribution < -0.4 is 5.73 Å². The molecule has 0 bridgehead atoms. The number of benzene rings is 1. The zero-order valence-electron chi connectivity index (χ0n) is 8.73. The first-order valence-electron chi connectivity index (χ1n) is 4.93. The maximum atomic E-state index is 5.53. The standard InChI is InChI=1S/C12H10N2OS/c1-7-4-11-10(14-12(13)15-11)5-9(7)8-2-3-16-6-8/h2-6H,1H3,(H2,13,14). The first kappa shape index (κ1) is 9.42. The molecule has 3 aromatic rings. The molecule has 0 amide bonds. The number of hydrogen-bond acceptors (Lipinski definition) is 4. The van der Waals surface area contributed by atoms with Crippen molar-refractivity contribution >= 4 is 28.5 Å². The summed E-state index contributed by atoms with van der Waals surface area (Å²) in [5, 5.41) is 4.19. The van der Waals surface area contributed by atoms with Gasteiger partial charge < -0.3 is 10.2 Å². The summed E-state index contributed by atoms with van der Waals surface area (Å²) in [6, 6.07) is 6.32. The van der Waals surface area contributed by atoms with Gasteiger partial charge in [-0.25, -0.2) is 0 Å². The fourth-order valence-corrected chi connectivity index (χ4v) is 2.48. The molecule has 16 heavy (non-hydrogen) atoms. The smallest absolute Gasteiger partial charge is 0.292 e. The normalized spacial score (nSPS) is 11.1. The molecular formula is C12H10N2OS. The lowest BCUT2D eigenvalue weighted by atomic mass is 10.0. The minimum absolute atomic E-state index is 0.219. The average Bonchev–Trinajstić information content (AvgIpc) is 2.83. The van der Waals surface area contributed by atoms with Gasteiger partial charge >= 0.3 is 0 Å². The molecule has 3 rings (SSSR count). The van der Waals surface area contributed by atoms with Gasteiger partial charge in [-0.3, -0.25) is 0 Å². The lowest BCUT2D eigenvalue weighted by Gasteiger charge is -2.02. The highest BCUT2D eigenvalue weighted by Crippen LogP contribution is 2.30. The predicted octanol–water partition coefficient (Wildman–Crippen LogP) is 3.45. The Morgan fingerprint density at radius 2 is 2.25 bits per heavy atom. The Hall–Kier alpha value is -1.81. The van der Waals surface area contributed by atoms with Crippen molar-refractivity contribution in [1.29, 1.82) is 0 Å². The highest BCUT2D eigenvalue weighted by atomic mass is 32.1. The van der Waals surface area contributed by atoms with Gasteiger partial charge in [-0.15, -0.1) is 0 Å². The summed E-state index contributed by atoms with van der Waals surface area (Å²) in [6.45, 7) is 2.06. The number of aromatic nitrogens is 1. The molecule has 0 aliphatic carbocycles. The molecule has 0 saturated heterocycles. The SMILES string of the molecule is Cc1cc2oc(N)nc2cc1-c1ccsc1. The minimum atomic E-state index is 0.219. The molecule has 0 aliphatic rings. The summed E-state index contributed by atoms with van der Waals surface area (Å²) in [7, 11) is 0. The molecule has 0 atom stereocenters. The summed E-state index contributed by atoms with van der Waals surface area (Å²) in [5.41, 5.74) is 10.7. The second-order valence-electron chi connectivity index (χ2n) is 3.70. The highest BCUT2D eigenvalue weighted by molar-refractivity contribution is 7.08. The first-order chi connectivity index (χ1) is 7.74. The zero-order valence-corrected chi connectivity index (χ0v) is 9.54. The van der Waals surface area contributed by atoms with Crippen molar-refractivity contribution < 1.29 is 4.42 Å². The van der Waals surface area contributed by atoms with Gasteiger partial charge in [0.2, 0.25) is 0 Å². The van der Waals surface area contributed by atoms with E-state index in [9.17, 15) is 0 Å². The quantitative estimate of drug-likeness (QED) is 0.696. The van der Waals surface area contributed by atoms with Crippen LogP contribution in [0.2, 0.25) is 0 Å². The van der Waals surface area contributed by atoms with E-state index in [4.69, 9.17) is 10.2 Å². The van der Waals surface area contributed by atoms with Gasteiger partial charge in [0.1, 0.15) is 5.52 Å². The molecule has 1 aromatic carbocycles. The maximum absolute atomic E-state index is 5.53. The summed E-state index contributed by atoms with van der Waals surface area (Å²) in [5.74, 6) is 0. The topological polar surface area (TPSA) is 52.0 Å². The molecule has 80 valence electrons. The molecule has 0 spiro atoms. The van der Waals surface area contributed by atoms with Gasteiger partial charge in [-0.1, -0.05) is 0 Å². The Bertz CT molecular complexity index is 640. The molecule has 0 unspecified atom stereocenters. The van der Waals surface area contributed by atoms with Crippen LogP contribution in [0.25, 0.3) is 22.2 Å². The van der Waals surface area contributed by atoms with Crippen LogP contribution >= 0.6 is 11.3 Å². The number of oxazole rings is 1. The van der Waals surface area contributed by atoms with Crippen LogP contribution in [-0.2, 0) is 0 Å². The molecule has 4 heteroatoms. The van der Waals surface area contributed by atoms with Crippen molar-refractivity contribution in [3.8, 4) is 11.1 Å². The third-order valence-electron chi connectivity index (χ3n) is 2.58. The Morgan fingerprint density at radius 1 is 1.38 bits per heavy atom.